The van der Waals surface area contributed by atoms with Gasteiger partial charge in [-0.05, 0) is 51.0 Å². The molecule has 0 aromatic heterocycles. The van der Waals surface area contributed by atoms with Gasteiger partial charge in [0.1, 0.15) is 0 Å². The Morgan fingerprint density at radius 2 is 1.52 bits per heavy atom. The molecule has 1 rings (SSSR count). The van der Waals surface area contributed by atoms with E-state index in [0.29, 0.717) is 12.8 Å². The summed E-state index contributed by atoms with van der Waals surface area (Å²) >= 11 is 0. The van der Waals surface area contributed by atoms with Crippen LogP contribution in [-0.2, 0) is 19.7 Å². The molecule has 0 fully saturated rings. The molecule has 0 aliphatic heterocycles. The van der Waals surface area contributed by atoms with Gasteiger partial charge in [0.15, 0.2) is 19.7 Å². The van der Waals surface area contributed by atoms with Crippen LogP contribution in [0.1, 0.15) is 26.7 Å². The first-order valence-electron chi connectivity index (χ1n) is 6.42. The van der Waals surface area contributed by atoms with Gasteiger partial charge < -0.3 is 0 Å². The van der Waals surface area contributed by atoms with Crippen molar-refractivity contribution in [3.63, 3.8) is 0 Å². The molecule has 1 aromatic carbocycles. The predicted molar refractivity (Wildman–Crippen MR) is 80.2 cm³/mol. The maximum atomic E-state index is 12.1. The minimum atomic E-state index is -3.46. The number of hydrogen-bond acceptors (Lipinski definition) is 5. The summed E-state index contributed by atoms with van der Waals surface area (Å²) in [6.07, 6.45) is 1.95. The Bertz CT molecular complexity index is 739. The van der Waals surface area contributed by atoms with E-state index in [1.165, 1.54) is 24.3 Å². The zero-order valence-electron chi connectivity index (χ0n) is 12.3. The van der Waals surface area contributed by atoms with Gasteiger partial charge in [0.05, 0.1) is 27.0 Å². The highest BCUT2D eigenvalue weighted by Gasteiger charge is 2.20. The van der Waals surface area contributed by atoms with Crippen molar-refractivity contribution in [2.24, 2.45) is 5.41 Å². The summed E-state index contributed by atoms with van der Waals surface area (Å²) in [7, 11) is -6.79. The normalized spacial score (nSPS) is 12.9. The first-order valence-corrected chi connectivity index (χ1v) is 9.96. The molecular weight excluding hydrogens is 310 g/mol. The summed E-state index contributed by atoms with van der Waals surface area (Å²) in [4.78, 5) is 0.191. The minimum absolute atomic E-state index is 0.0592. The van der Waals surface area contributed by atoms with Gasteiger partial charge in [-0.3, -0.25) is 0 Å². The van der Waals surface area contributed by atoms with Crippen LogP contribution in [0.3, 0.4) is 0 Å². The summed E-state index contributed by atoms with van der Waals surface area (Å²) in [5.41, 5.74) is -0.546. The molecule has 1 aromatic rings. The summed E-state index contributed by atoms with van der Waals surface area (Å²) in [5, 5.41) is 8.89. The van der Waals surface area contributed by atoms with Crippen molar-refractivity contribution in [2.45, 2.75) is 36.5 Å². The van der Waals surface area contributed by atoms with Crippen LogP contribution in [0.5, 0.6) is 0 Å². The molecule has 0 amide bonds. The van der Waals surface area contributed by atoms with E-state index >= 15 is 0 Å². The van der Waals surface area contributed by atoms with E-state index in [9.17, 15) is 16.8 Å². The van der Waals surface area contributed by atoms with E-state index in [4.69, 9.17) is 5.26 Å². The standard InChI is InChI=1S/C14H19NO4S2/c1-14(2,11-15)9-4-10-21(18,19)13-7-5-12(6-8-13)20(3,16)17/h5-8H,4,9-10H2,1-3H3. The fourth-order valence-electron chi connectivity index (χ4n) is 1.77. The van der Waals surface area contributed by atoms with Crippen molar-refractivity contribution in [2.75, 3.05) is 12.0 Å². The zero-order chi connectivity index (χ0) is 16.3. The molecule has 116 valence electrons. The van der Waals surface area contributed by atoms with E-state index in [0.717, 1.165) is 6.26 Å². The first kappa shape index (κ1) is 17.7. The van der Waals surface area contributed by atoms with E-state index in [-0.39, 0.29) is 15.5 Å². The Morgan fingerprint density at radius 1 is 1.05 bits per heavy atom. The van der Waals surface area contributed by atoms with Crippen LogP contribution in [-0.4, -0.2) is 28.8 Å². The molecule has 0 spiro atoms. The van der Waals surface area contributed by atoms with Gasteiger partial charge in [-0.2, -0.15) is 5.26 Å². The number of sulfone groups is 2. The number of benzene rings is 1. The smallest absolute Gasteiger partial charge is 0.178 e. The van der Waals surface area contributed by atoms with Crippen LogP contribution in [0.2, 0.25) is 0 Å². The van der Waals surface area contributed by atoms with Crippen LogP contribution < -0.4 is 0 Å². The largest absolute Gasteiger partial charge is 0.224 e. The third kappa shape index (κ3) is 5.14. The number of nitrogens with zero attached hydrogens (tertiary/aromatic N) is 1. The van der Waals surface area contributed by atoms with Crippen molar-refractivity contribution in [3.05, 3.63) is 24.3 Å². The lowest BCUT2D eigenvalue weighted by Crippen LogP contribution is -2.13. The summed E-state index contributed by atoms with van der Waals surface area (Å²) in [6, 6.07) is 7.33. The lowest BCUT2D eigenvalue weighted by atomic mass is 9.90. The van der Waals surface area contributed by atoms with Crippen LogP contribution in [0.4, 0.5) is 0 Å². The third-order valence-corrected chi connectivity index (χ3v) is 6.07. The van der Waals surface area contributed by atoms with Gasteiger partial charge >= 0.3 is 0 Å². The van der Waals surface area contributed by atoms with Crippen LogP contribution in [0.25, 0.3) is 0 Å². The molecule has 0 bridgehead atoms. The number of hydrogen-bond donors (Lipinski definition) is 0. The Morgan fingerprint density at radius 3 is 1.95 bits per heavy atom. The SMILES string of the molecule is CC(C)(C#N)CCCS(=O)(=O)c1ccc(S(C)(=O)=O)cc1. The molecule has 7 heteroatoms. The Kier molecular flexibility index (Phi) is 5.18. The second-order valence-corrected chi connectivity index (χ2v) is 9.79. The van der Waals surface area contributed by atoms with E-state index < -0.39 is 25.1 Å². The van der Waals surface area contributed by atoms with Crippen LogP contribution in [0, 0.1) is 16.7 Å². The van der Waals surface area contributed by atoms with Gasteiger partial charge in [0.25, 0.3) is 0 Å². The molecule has 5 nitrogen and oxygen atoms in total. The quantitative estimate of drug-likeness (QED) is 0.797. The van der Waals surface area contributed by atoms with Gasteiger partial charge in [0.2, 0.25) is 0 Å². The highest BCUT2D eigenvalue weighted by atomic mass is 32.2. The highest BCUT2D eigenvalue weighted by molar-refractivity contribution is 7.91. The molecule has 0 unspecified atom stereocenters. The van der Waals surface area contributed by atoms with Crippen LogP contribution >= 0.6 is 0 Å². The predicted octanol–water partition coefficient (Wildman–Crippen LogP) is 2.19. The molecule has 0 atom stereocenters. The maximum Gasteiger partial charge on any atom is 0.178 e. The van der Waals surface area contributed by atoms with Crippen molar-refractivity contribution < 1.29 is 16.8 Å². The van der Waals surface area contributed by atoms with Crippen molar-refractivity contribution >= 4 is 19.7 Å². The van der Waals surface area contributed by atoms with Crippen molar-refractivity contribution in [3.8, 4) is 6.07 Å². The average molecular weight is 329 g/mol. The fraction of sp³-hybridized carbons (Fsp3) is 0.500. The molecule has 0 radical (unpaired) electrons. The lowest BCUT2D eigenvalue weighted by Gasteiger charge is -2.14. The fourth-order valence-corrected chi connectivity index (χ4v) is 3.71. The first-order chi connectivity index (χ1) is 9.48. The lowest BCUT2D eigenvalue weighted by molar-refractivity contribution is 0.445. The summed E-state index contributed by atoms with van der Waals surface area (Å²) in [5.74, 6) is -0.0592. The summed E-state index contributed by atoms with van der Waals surface area (Å²) < 4.78 is 46.9. The van der Waals surface area contributed by atoms with Gasteiger partial charge in [-0.15, -0.1) is 0 Å². The Labute approximate surface area is 126 Å². The van der Waals surface area contributed by atoms with Gasteiger partial charge in [-0.1, -0.05) is 0 Å². The second kappa shape index (κ2) is 6.16. The average Bonchev–Trinajstić information content (AvgIpc) is 2.37. The van der Waals surface area contributed by atoms with Crippen molar-refractivity contribution in [1.29, 1.82) is 5.26 Å². The molecular formula is C14H19NO4S2. The molecule has 21 heavy (non-hydrogen) atoms. The second-order valence-electron chi connectivity index (χ2n) is 5.66. The summed E-state index contributed by atoms with van der Waals surface area (Å²) in [6.45, 7) is 3.53. The maximum absolute atomic E-state index is 12.1. The van der Waals surface area contributed by atoms with E-state index in [2.05, 4.69) is 6.07 Å². The molecule has 0 aliphatic rings. The number of rotatable bonds is 6. The molecule has 0 aliphatic carbocycles. The van der Waals surface area contributed by atoms with Gasteiger partial charge in [-0.25, -0.2) is 16.8 Å². The molecule has 0 N–H and O–H groups in total. The van der Waals surface area contributed by atoms with Crippen molar-refractivity contribution in [1.82, 2.24) is 0 Å². The minimum Gasteiger partial charge on any atom is -0.224 e. The van der Waals surface area contributed by atoms with E-state index in [1.807, 2.05) is 0 Å². The Hall–Kier alpha value is -1.39. The Balaban J connectivity index is 2.83. The zero-order valence-corrected chi connectivity index (χ0v) is 14.0. The van der Waals surface area contributed by atoms with Crippen LogP contribution in [0.15, 0.2) is 34.1 Å². The monoisotopic (exact) mass is 329 g/mol. The van der Waals surface area contributed by atoms with Gasteiger partial charge in [0, 0.05) is 6.26 Å². The molecule has 0 heterocycles. The van der Waals surface area contributed by atoms with E-state index in [1.54, 1.807) is 13.8 Å². The molecule has 0 saturated carbocycles. The number of nitriles is 1. The molecule has 0 saturated heterocycles. The topological polar surface area (TPSA) is 92.1 Å². The third-order valence-electron chi connectivity index (χ3n) is 3.13. The highest BCUT2D eigenvalue weighted by Crippen LogP contribution is 2.23.